The van der Waals surface area contributed by atoms with E-state index in [2.05, 4.69) is 15.2 Å². The maximum atomic E-state index is 12.2. The molecule has 0 radical (unpaired) electrons. The largest absolute Gasteiger partial charge is 0.489 e. The molecule has 0 aliphatic carbocycles. The van der Waals surface area contributed by atoms with Gasteiger partial charge in [-0.15, -0.1) is 0 Å². The van der Waals surface area contributed by atoms with Gasteiger partial charge in [-0.3, -0.25) is 4.79 Å². The Balaban J connectivity index is 1.26. The molecule has 1 fully saturated rings. The van der Waals surface area contributed by atoms with Crippen molar-refractivity contribution in [2.45, 2.75) is 6.61 Å². The molecule has 0 saturated carbocycles. The Morgan fingerprint density at radius 3 is 2.52 bits per heavy atom. The number of rotatable bonds is 7. The Bertz CT molecular complexity index is 996. The molecule has 1 saturated heterocycles. The van der Waals surface area contributed by atoms with E-state index in [4.69, 9.17) is 9.47 Å². The predicted octanol–water partition coefficient (Wildman–Crippen LogP) is 4.15. The standard InChI is InChI=1S/C25H25N3O3/c29-25(27-22-9-12-24(26-18-22)28-14-16-30-17-15-28)13-8-20-6-10-23(11-7-20)31-19-21-4-2-1-3-5-21/h1-13,18H,14-17,19H2,(H,27,29)/b13-8+. The normalized spacial score (nSPS) is 13.9. The summed E-state index contributed by atoms with van der Waals surface area (Å²) in [4.78, 5) is 18.8. The number of aromatic nitrogens is 1. The average molecular weight is 415 g/mol. The van der Waals surface area contributed by atoms with Gasteiger partial charge in [0, 0.05) is 19.2 Å². The minimum atomic E-state index is -0.203. The molecule has 1 aliphatic rings. The molecular weight excluding hydrogens is 390 g/mol. The molecule has 3 aromatic rings. The zero-order valence-electron chi connectivity index (χ0n) is 17.2. The summed E-state index contributed by atoms with van der Waals surface area (Å²) in [7, 11) is 0. The van der Waals surface area contributed by atoms with Crippen LogP contribution in [-0.2, 0) is 16.1 Å². The van der Waals surface area contributed by atoms with Gasteiger partial charge in [0.15, 0.2) is 0 Å². The first-order chi connectivity index (χ1) is 15.3. The van der Waals surface area contributed by atoms with Crippen LogP contribution >= 0.6 is 0 Å². The van der Waals surface area contributed by atoms with Crippen molar-refractivity contribution in [3.05, 3.63) is 90.1 Å². The predicted molar refractivity (Wildman–Crippen MR) is 122 cm³/mol. The number of ether oxygens (including phenoxy) is 2. The Morgan fingerprint density at radius 1 is 1.03 bits per heavy atom. The number of carbonyl (C=O) groups excluding carboxylic acids is 1. The number of pyridine rings is 1. The van der Waals surface area contributed by atoms with Crippen molar-refractivity contribution in [2.75, 3.05) is 36.5 Å². The number of morpholine rings is 1. The molecule has 2 aromatic carbocycles. The Hall–Kier alpha value is -3.64. The summed E-state index contributed by atoms with van der Waals surface area (Å²) >= 11 is 0. The fourth-order valence-electron chi connectivity index (χ4n) is 3.21. The second-order valence-electron chi connectivity index (χ2n) is 7.17. The minimum Gasteiger partial charge on any atom is -0.489 e. The number of nitrogens with one attached hydrogen (secondary N) is 1. The van der Waals surface area contributed by atoms with Crippen LogP contribution < -0.4 is 15.0 Å². The van der Waals surface area contributed by atoms with E-state index in [1.54, 1.807) is 12.3 Å². The summed E-state index contributed by atoms with van der Waals surface area (Å²) in [5, 5.41) is 2.84. The van der Waals surface area contributed by atoms with Crippen LogP contribution in [0.15, 0.2) is 79.0 Å². The number of nitrogens with zero attached hydrogens (tertiary/aromatic N) is 2. The molecule has 2 heterocycles. The van der Waals surface area contributed by atoms with Crippen LogP contribution in [-0.4, -0.2) is 37.2 Å². The molecule has 6 nitrogen and oxygen atoms in total. The van der Waals surface area contributed by atoms with Crippen molar-refractivity contribution >= 4 is 23.5 Å². The molecule has 158 valence electrons. The van der Waals surface area contributed by atoms with Crippen LogP contribution in [0.3, 0.4) is 0 Å². The monoisotopic (exact) mass is 415 g/mol. The summed E-state index contributed by atoms with van der Waals surface area (Å²) < 4.78 is 11.1. The number of benzene rings is 2. The third-order valence-corrected chi connectivity index (χ3v) is 4.91. The average Bonchev–Trinajstić information content (AvgIpc) is 2.84. The number of hydrogen-bond donors (Lipinski definition) is 1. The first-order valence-corrected chi connectivity index (χ1v) is 10.3. The van der Waals surface area contributed by atoms with Crippen LogP contribution in [0.4, 0.5) is 11.5 Å². The van der Waals surface area contributed by atoms with Crippen molar-refractivity contribution in [1.82, 2.24) is 4.98 Å². The molecule has 1 amide bonds. The van der Waals surface area contributed by atoms with E-state index < -0.39 is 0 Å². The highest BCUT2D eigenvalue weighted by atomic mass is 16.5. The number of anilines is 2. The van der Waals surface area contributed by atoms with Gasteiger partial charge in [-0.1, -0.05) is 42.5 Å². The first-order valence-electron chi connectivity index (χ1n) is 10.3. The molecule has 1 aromatic heterocycles. The number of carbonyl (C=O) groups is 1. The zero-order chi connectivity index (χ0) is 21.3. The summed E-state index contributed by atoms with van der Waals surface area (Å²) in [5.74, 6) is 1.48. The summed E-state index contributed by atoms with van der Waals surface area (Å²) in [6.07, 6.45) is 4.96. The van der Waals surface area contributed by atoms with E-state index in [0.717, 1.165) is 35.8 Å². The quantitative estimate of drug-likeness (QED) is 0.588. The van der Waals surface area contributed by atoms with E-state index in [9.17, 15) is 4.79 Å². The van der Waals surface area contributed by atoms with Crippen LogP contribution in [0.5, 0.6) is 5.75 Å². The SMILES string of the molecule is O=C(/C=C/c1ccc(OCc2ccccc2)cc1)Nc1ccc(N2CCOCC2)nc1. The molecule has 31 heavy (non-hydrogen) atoms. The molecule has 0 spiro atoms. The smallest absolute Gasteiger partial charge is 0.248 e. The van der Waals surface area contributed by atoms with Crippen LogP contribution in [0, 0.1) is 0 Å². The third-order valence-electron chi connectivity index (χ3n) is 4.91. The lowest BCUT2D eigenvalue weighted by molar-refractivity contribution is -0.111. The van der Waals surface area contributed by atoms with E-state index in [-0.39, 0.29) is 5.91 Å². The Labute approximate surface area is 182 Å². The van der Waals surface area contributed by atoms with Gasteiger partial charge < -0.3 is 19.7 Å². The van der Waals surface area contributed by atoms with Gasteiger partial charge in [0.2, 0.25) is 5.91 Å². The molecule has 1 N–H and O–H groups in total. The van der Waals surface area contributed by atoms with E-state index in [0.29, 0.717) is 25.5 Å². The lowest BCUT2D eigenvalue weighted by Gasteiger charge is -2.27. The molecule has 0 bridgehead atoms. The zero-order valence-corrected chi connectivity index (χ0v) is 17.2. The van der Waals surface area contributed by atoms with Crippen molar-refractivity contribution in [1.29, 1.82) is 0 Å². The highest BCUT2D eigenvalue weighted by Gasteiger charge is 2.12. The molecule has 1 aliphatic heterocycles. The molecule has 0 atom stereocenters. The molecule has 4 rings (SSSR count). The third kappa shape index (κ3) is 6.17. The highest BCUT2D eigenvalue weighted by Crippen LogP contribution is 2.17. The van der Waals surface area contributed by atoms with E-state index in [1.807, 2.05) is 66.7 Å². The van der Waals surface area contributed by atoms with E-state index in [1.165, 1.54) is 6.08 Å². The molecule has 6 heteroatoms. The summed E-state index contributed by atoms with van der Waals surface area (Å²) in [6, 6.07) is 21.4. The van der Waals surface area contributed by atoms with E-state index >= 15 is 0 Å². The van der Waals surface area contributed by atoms with Crippen molar-refractivity contribution in [3.63, 3.8) is 0 Å². The van der Waals surface area contributed by atoms with Crippen molar-refractivity contribution in [2.24, 2.45) is 0 Å². The van der Waals surface area contributed by atoms with Gasteiger partial charge in [-0.2, -0.15) is 0 Å². The summed E-state index contributed by atoms with van der Waals surface area (Å²) in [6.45, 7) is 3.61. The molecule has 0 unspecified atom stereocenters. The van der Waals surface area contributed by atoms with Gasteiger partial charge in [-0.25, -0.2) is 4.98 Å². The maximum Gasteiger partial charge on any atom is 0.248 e. The van der Waals surface area contributed by atoms with Gasteiger partial charge in [0.25, 0.3) is 0 Å². The van der Waals surface area contributed by atoms with Crippen LogP contribution in [0.1, 0.15) is 11.1 Å². The fourth-order valence-corrected chi connectivity index (χ4v) is 3.21. The number of hydrogen-bond acceptors (Lipinski definition) is 5. The van der Waals surface area contributed by atoms with Crippen molar-refractivity contribution in [3.8, 4) is 5.75 Å². The van der Waals surface area contributed by atoms with Gasteiger partial charge >= 0.3 is 0 Å². The summed E-state index contributed by atoms with van der Waals surface area (Å²) in [5.41, 5.74) is 2.70. The Morgan fingerprint density at radius 2 is 1.81 bits per heavy atom. The lowest BCUT2D eigenvalue weighted by atomic mass is 10.2. The fraction of sp³-hybridized carbons (Fsp3) is 0.200. The highest BCUT2D eigenvalue weighted by molar-refractivity contribution is 6.01. The molecular formula is C25H25N3O3. The maximum absolute atomic E-state index is 12.2. The second kappa shape index (κ2) is 10.4. The number of amides is 1. The van der Waals surface area contributed by atoms with Crippen molar-refractivity contribution < 1.29 is 14.3 Å². The minimum absolute atomic E-state index is 0.203. The van der Waals surface area contributed by atoms with Gasteiger partial charge in [-0.05, 0) is 41.5 Å². The lowest BCUT2D eigenvalue weighted by Crippen LogP contribution is -2.36. The topological polar surface area (TPSA) is 63.7 Å². The second-order valence-corrected chi connectivity index (χ2v) is 7.17. The van der Waals surface area contributed by atoms with Crippen LogP contribution in [0.25, 0.3) is 6.08 Å². The van der Waals surface area contributed by atoms with Gasteiger partial charge in [0.1, 0.15) is 18.2 Å². The van der Waals surface area contributed by atoms with Crippen LogP contribution in [0.2, 0.25) is 0 Å². The van der Waals surface area contributed by atoms with Gasteiger partial charge in [0.05, 0.1) is 25.1 Å². The first kappa shape index (κ1) is 20.6. The Kier molecular flexibility index (Phi) is 6.92.